The molecule has 22 heavy (non-hydrogen) atoms. The van der Waals surface area contributed by atoms with Gasteiger partial charge in [0, 0.05) is 32.0 Å². The molecule has 3 rings (SSSR count). The van der Waals surface area contributed by atoms with Gasteiger partial charge in [-0.1, -0.05) is 6.07 Å². The van der Waals surface area contributed by atoms with Crippen molar-refractivity contribution in [2.45, 2.75) is 6.04 Å². The third-order valence-corrected chi connectivity index (χ3v) is 4.73. The summed E-state index contributed by atoms with van der Waals surface area (Å²) in [5.41, 5.74) is 1.03. The molecule has 2 aliphatic rings. The average Bonchev–Trinajstić information content (AvgIpc) is 2.93. The van der Waals surface area contributed by atoms with Crippen LogP contribution < -0.4 is 5.32 Å². The number of hydrogen-bond donors (Lipinski definition) is 1. The Balaban J connectivity index is 0.00000176. The van der Waals surface area contributed by atoms with Crippen LogP contribution in [-0.4, -0.2) is 64.4 Å². The first-order chi connectivity index (χ1) is 10.3. The van der Waals surface area contributed by atoms with Crippen LogP contribution in [0.3, 0.4) is 0 Å². The van der Waals surface area contributed by atoms with Crippen molar-refractivity contribution < 1.29 is 9.59 Å². The Bertz CT molecular complexity index is 531. The van der Waals surface area contributed by atoms with Crippen molar-refractivity contribution in [2.24, 2.45) is 0 Å². The van der Waals surface area contributed by atoms with E-state index in [1.54, 1.807) is 29.1 Å². The highest BCUT2D eigenvalue weighted by Gasteiger charge is 2.31. The Morgan fingerprint density at radius 3 is 3.05 bits per heavy atom. The number of hydrogen-bond acceptors (Lipinski definition) is 5. The maximum Gasteiger partial charge on any atom is 0.242 e. The summed E-state index contributed by atoms with van der Waals surface area (Å²) < 4.78 is 0. The van der Waals surface area contributed by atoms with Crippen molar-refractivity contribution in [2.75, 3.05) is 37.8 Å². The minimum Gasteiger partial charge on any atom is -0.331 e. The molecular weight excluding hydrogens is 324 g/mol. The topological polar surface area (TPSA) is 65.5 Å². The standard InChI is InChI=1S/C14H18N4O2S.ClH/c19-13(8-17-10-21-9-14(17)20)18-5-4-16-7-12(18)11-2-1-3-15-6-11;/h1-3,6,12,16H,4-5,7-10H2;1H. The number of nitrogens with zero attached hydrogens (tertiary/aromatic N) is 3. The lowest BCUT2D eigenvalue weighted by atomic mass is 10.1. The quantitative estimate of drug-likeness (QED) is 0.867. The van der Waals surface area contributed by atoms with E-state index >= 15 is 0 Å². The molecule has 8 heteroatoms. The second-order valence-electron chi connectivity index (χ2n) is 5.16. The van der Waals surface area contributed by atoms with Crippen molar-refractivity contribution >= 4 is 36.0 Å². The molecule has 1 atom stereocenters. The summed E-state index contributed by atoms with van der Waals surface area (Å²) >= 11 is 1.56. The molecular formula is C14H19ClN4O2S. The van der Waals surface area contributed by atoms with E-state index in [4.69, 9.17) is 0 Å². The van der Waals surface area contributed by atoms with Gasteiger partial charge >= 0.3 is 0 Å². The first-order valence-electron chi connectivity index (χ1n) is 7.01. The summed E-state index contributed by atoms with van der Waals surface area (Å²) in [6.07, 6.45) is 3.53. The maximum atomic E-state index is 12.6. The molecule has 1 unspecified atom stereocenters. The van der Waals surface area contributed by atoms with Gasteiger partial charge in [-0.15, -0.1) is 24.2 Å². The number of pyridine rings is 1. The second-order valence-corrected chi connectivity index (χ2v) is 6.12. The van der Waals surface area contributed by atoms with Crippen LogP contribution in [0.5, 0.6) is 0 Å². The molecule has 0 bridgehead atoms. The van der Waals surface area contributed by atoms with Gasteiger partial charge in [-0.3, -0.25) is 14.6 Å². The van der Waals surface area contributed by atoms with Gasteiger partial charge in [0.05, 0.1) is 17.7 Å². The molecule has 1 aromatic heterocycles. The zero-order valence-electron chi connectivity index (χ0n) is 12.1. The van der Waals surface area contributed by atoms with Gasteiger partial charge in [-0.25, -0.2) is 0 Å². The summed E-state index contributed by atoms with van der Waals surface area (Å²) in [5.74, 6) is 1.18. The van der Waals surface area contributed by atoms with Gasteiger partial charge in [0.25, 0.3) is 0 Å². The van der Waals surface area contributed by atoms with Gasteiger partial charge in [0.1, 0.15) is 6.54 Å². The number of rotatable bonds is 3. The van der Waals surface area contributed by atoms with Crippen molar-refractivity contribution in [1.82, 2.24) is 20.1 Å². The Morgan fingerprint density at radius 2 is 2.36 bits per heavy atom. The minimum absolute atomic E-state index is 0. The highest BCUT2D eigenvalue weighted by Crippen LogP contribution is 2.22. The Labute approximate surface area is 140 Å². The van der Waals surface area contributed by atoms with E-state index in [1.165, 1.54) is 0 Å². The van der Waals surface area contributed by atoms with E-state index < -0.39 is 0 Å². The van der Waals surface area contributed by atoms with Crippen LogP contribution in [0.25, 0.3) is 0 Å². The van der Waals surface area contributed by atoms with Crippen LogP contribution in [0.2, 0.25) is 0 Å². The lowest BCUT2D eigenvalue weighted by Gasteiger charge is -2.37. The van der Waals surface area contributed by atoms with Gasteiger partial charge < -0.3 is 15.1 Å². The first-order valence-corrected chi connectivity index (χ1v) is 8.17. The van der Waals surface area contributed by atoms with E-state index in [0.717, 1.165) is 18.7 Å². The first kappa shape index (κ1) is 17.1. The van der Waals surface area contributed by atoms with Crippen molar-refractivity contribution in [3.63, 3.8) is 0 Å². The normalized spacial score (nSPS) is 21.6. The predicted molar refractivity (Wildman–Crippen MR) is 87.8 cm³/mol. The maximum absolute atomic E-state index is 12.6. The number of carbonyl (C=O) groups excluding carboxylic acids is 2. The predicted octanol–water partition coefficient (Wildman–Crippen LogP) is 0.509. The van der Waals surface area contributed by atoms with E-state index in [0.29, 0.717) is 18.2 Å². The smallest absolute Gasteiger partial charge is 0.242 e. The van der Waals surface area contributed by atoms with Gasteiger partial charge in [-0.05, 0) is 11.6 Å². The SMILES string of the molecule is Cl.O=C1CSCN1CC(=O)N1CCNCC1c1cccnc1. The molecule has 0 radical (unpaired) electrons. The Kier molecular flexibility index (Phi) is 6.05. The molecule has 2 aliphatic heterocycles. The fraction of sp³-hybridized carbons (Fsp3) is 0.500. The van der Waals surface area contributed by atoms with Crippen LogP contribution in [-0.2, 0) is 9.59 Å². The third-order valence-electron chi connectivity index (χ3n) is 3.78. The third kappa shape index (κ3) is 3.71. The molecule has 0 aromatic carbocycles. The number of piperazine rings is 1. The van der Waals surface area contributed by atoms with Crippen molar-refractivity contribution in [3.8, 4) is 0 Å². The molecule has 3 heterocycles. The molecule has 1 N–H and O–H groups in total. The molecule has 0 saturated carbocycles. The molecule has 6 nitrogen and oxygen atoms in total. The molecule has 120 valence electrons. The zero-order valence-corrected chi connectivity index (χ0v) is 13.7. The number of aromatic nitrogens is 1. The van der Waals surface area contributed by atoms with Crippen LogP contribution in [0, 0.1) is 0 Å². The van der Waals surface area contributed by atoms with E-state index in [2.05, 4.69) is 10.3 Å². The highest BCUT2D eigenvalue weighted by atomic mass is 35.5. The number of thioether (sulfide) groups is 1. The van der Waals surface area contributed by atoms with Crippen molar-refractivity contribution in [3.05, 3.63) is 30.1 Å². The van der Waals surface area contributed by atoms with Gasteiger partial charge in [-0.2, -0.15) is 0 Å². The molecule has 2 amide bonds. The Morgan fingerprint density at radius 1 is 1.50 bits per heavy atom. The van der Waals surface area contributed by atoms with Crippen LogP contribution >= 0.6 is 24.2 Å². The summed E-state index contributed by atoms with van der Waals surface area (Å²) in [6.45, 7) is 2.35. The van der Waals surface area contributed by atoms with Gasteiger partial charge in [0.15, 0.2) is 0 Å². The summed E-state index contributed by atoms with van der Waals surface area (Å²) in [4.78, 5) is 31.8. The summed E-state index contributed by atoms with van der Waals surface area (Å²) in [5, 5.41) is 3.31. The van der Waals surface area contributed by atoms with Crippen LogP contribution in [0.4, 0.5) is 0 Å². The Hall–Kier alpha value is -1.31. The second kappa shape index (κ2) is 7.80. The largest absolute Gasteiger partial charge is 0.331 e. The lowest BCUT2D eigenvalue weighted by molar-refractivity contribution is -0.140. The number of halogens is 1. The fourth-order valence-electron chi connectivity index (χ4n) is 2.67. The fourth-order valence-corrected chi connectivity index (χ4v) is 3.57. The number of nitrogens with one attached hydrogen (secondary N) is 1. The number of carbonyl (C=O) groups is 2. The summed E-state index contributed by atoms with van der Waals surface area (Å²) in [7, 11) is 0. The van der Waals surface area contributed by atoms with Crippen molar-refractivity contribution in [1.29, 1.82) is 0 Å². The molecule has 0 aliphatic carbocycles. The van der Waals surface area contributed by atoms with E-state index in [9.17, 15) is 9.59 Å². The average molecular weight is 343 g/mol. The zero-order chi connectivity index (χ0) is 14.7. The molecule has 1 aromatic rings. The van der Waals surface area contributed by atoms with E-state index in [-0.39, 0.29) is 36.8 Å². The van der Waals surface area contributed by atoms with Crippen LogP contribution in [0.1, 0.15) is 11.6 Å². The minimum atomic E-state index is -0.00897. The molecule has 0 spiro atoms. The lowest BCUT2D eigenvalue weighted by Crippen LogP contribution is -2.51. The summed E-state index contributed by atoms with van der Waals surface area (Å²) in [6, 6.07) is 3.86. The van der Waals surface area contributed by atoms with E-state index in [1.807, 2.05) is 17.0 Å². The van der Waals surface area contributed by atoms with Gasteiger partial charge in [0.2, 0.25) is 11.8 Å². The van der Waals surface area contributed by atoms with Crippen LogP contribution in [0.15, 0.2) is 24.5 Å². The highest BCUT2D eigenvalue weighted by molar-refractivity contribution is 8.00. The monoisotopic (exact) mass is 342 g/mol. The number of amides is 2. The molecule has 2 saturated heterocycles. The molecule has 2 fully saturated rings.